The maximum Gasteiger partial charge on any atom is 0.407 e. The van der Waals surface area contributed by atoms with E-state index in [4.69, 9.17) is 4.74 Å². The summed E-state index contributed by atoms with van der Waals surface area (Å²) in [5.41, 5.74) is 3.61. The van der Waals surface area contributed by atoms with E-state index in [9.17, 15) is 9.59 Å². The van der Waals surface area contributed by atoms with Crippen molar-refractivity contribution in [2.45, 2.75) is 13.2 Å². The minimum absolute atomic E-state index is 0.111. The van der Waals surface area contributed by atoms with E-state index in [1.165, 1.54) is 0 Å². The van der Waals surface area contributed by atoms with Crippen LogP contribution >= 0.6 is 0 Å². The molecule has 29 heavy (non-hydrogen) atoms. The molecule has 0 spiro atoms. The normalized spacial score (nSPS) is 10.1. The van der Waals surface area contributed by atoms with Gasteiger partial charge in [0.15, 0.2) is 0 Å². The van der Waals surface area contributed by atoms with Crippen LogP contribution in [0.5, 0.6) is 0 Å². The second-order valence-corrected chi connectivity index (χ2v) is 6.20. The van der Waals surface area contributed by atoms with Gasteiger partial charge < -0.3 is 20.7 Å². The van der Waals surface area contributed by atoms with Gasteiger partial charge in [-0.15, -0.1) is 0 Å². The minimum atomic E-state index is -0.527. The van der Waals surface area contributed by atoms with Crippen molar-refractivity contribution in [3.05, 3.63) is 89.7 Å². The van der Waals surface area contributed by atoms with Crippen LogP contribution in [0.25, 0.3) is 0 Å². The summed E-state index contributed by atoms with van der Waals surface area (Å²) in [6, 6.07) is 19.9. The summed E-state index contributed by atoms with van der Waals surface area (Å²) >= 11 is 0. The molecular weight excluding hydrogens is 368 g/mol. The van der Waals surface area contributed by atoms with Crippen molar-refractivity contribution in [2.75, 3.05) is 17.7 Å². The van der Waals surface area contributed by atoms with E-state index in [1.807, 2.05) is 30.3 Å². The Bertz CT molecular complexity index is 959. The average Bonchev–Trinajstić information content (AvgIpc) is 2.77. The first-order chi connectivity index (χ1) is 14.2. The molecule has 0 fully saturated rings. The van der Waals surface area contributed by atoms with Crippen molar-refractivity contribution < 1.29 is 14.3 Å². The highest BCUT2D eigenvalue weighted by molar-refractivity contribution is 6.05. The Hall–Kier alpha value is -3.87. The molecule has 2 aromatic carbocycles. The van der Waals surface area contributed by atoms with Gasteiger partial charge in [0.2, 0.25) is 0 Å². The lowest BCUT2D eigenvalue weighted by atomic mass is 10.1. The Kier molecular flexibility index (Phi) is 6.78. The van der Waals surface area contributed by atoms with Gasteiger partial charge in [-0.05, 0) is 42.0 Å². The van der Waals surface area contributed by atoms with Crippen molar-refractivity contribution >= 4 is 23.4 Å². The molecule has 7 heteroatoms. The zero-order valence-corrected chi connectivity index (χ0v) is 16.0. The van der Waals surface area contributed by atoms with Crippen molar-refractivity contribution in [3.63, 3.8) is 0 Å². The number of rotatable bonds is 7. The lowest BCUT2D eigenvalue weighted by molar-refractivity contribution is 0.102. The van der Waals surface area contributed by atoms with Crippen LogP contribution in [0.1, 0.15) is 21.6 Å². The second kappa shape index (κ2) is 9.89. The Morgan fingerprint density at radius 1 is 0.931 bits per heavy atom. The van der Waals surface area contributed by atoms with Gasteiger partial charge in [0.1, 0.15) is 6.61 Å². The SMILES string of the molecule is CNc1ccccc1NC(=O)c1ccc(CNC(=O)OCc2ccccn2)cc1. The van der Waals surface area contributed by atoms with Crippen LogP contribution < -0.4 is 16.0 Å². The highest BCUT2D eigenvalue weighted by Gasteiger charge is 2.09. The average molecular weight is 390 g/mol. The smallest absolute Gasteiger partial charge is 0.407 e. The third-order valence-electron chi connectivity index (χ3n) is 4.17. The number of benzene rings is 2. The summed E-state index contributed by atoms with van der Waals surface area (Å²) < 4.78 is 5.12. The lowest BCUT2D eigenvalue weighted by Crippen LogP contribution is -2.23. The maximum absolute atomic E-state index is 12.4. The fourth-order valence-corrected chi connectivity index (χ4v) is 2.63. The first-order valence-corrected chi connectivity index (χ1v) is 9.13. The molecule has 0 saturated heterocycles. The Labute approximate surface area is 169 Å². The van der Waals surface area contributed by atoms with Crippen molar-refractivity contribution in [3.8, 4) is 0 Å². The van der Waals surface area contributed by atoms with E-state index in [0.717, 1.165) is 11.3 Å². The number of anilines is 2. The standard InChI is InChI=1S/C22H22N4O3/c1-23-19-7-2-3-8-20(19)26-21(27)17-11-9-16(10-12-17)14-25-22(28)29-15-18-6-4-5-13-24-18/h2-13,23H,14-15H2,1H3,(H,25,28)(H,26,27). The fraction of sp³-hybridized carbons (Fsp3) is 0.136. The zero-order chi connectivity index (χ0) is 20.5. The number of pyridine rings is 1. The third-order valence-corrected chi connectivity index (χ3v) is 4.17. The molecule has 0 radical (unpaired) electrons. The molecule has 2 amide bonds. The van der Waals surface area contributed by atoms with Crippen molar-refractivity contribution in [1.29, 1.82) is 0 Å². The molecule has 0 atom stereocenters. The summed E-state index contributed by atoms with van der Waals surface area (Å²) in [6.45, 7) is 0.408. The number of amides is 2. The van der Waals surface area contributed by atoms with Crippen LogP contribution in [-0.4, -0.2) is 24.0 Å². The number of carbonyl (C=O) groups is 2. The van der Waals surface area contributed by atoms with Crippen LogP contribution in [0, 0.1) is 0 Å². The molecule has 3 aromatic rings. The molecule has 0 saturated carbocycles. The Morgan fingerprint density at radius 2 is 1.66 bits per heavy atom. The molecule has 148 valence electrons. The van der Waals surface area contributed by atoms with Gasteiger partial charge in [0.05, 0.1) is 17.1 Å². The van der Waals surface area contributed by atoms with Crippen LogP contribution in [0.3, 0.4) is 0 Å². The monoisotopic (exact) mass is 390 g/mol. The predicted molar refractivity (Wildman–Crippen MR) is 112 cm³/mol. The molecule has 1 heterocycles. The number of ether oxygens (including phenoxy) is 1. The van der Waals surface area contributed by atoms with Gasteiger partial charge in [-0.25, -0.2) is 4.79 Å². The number of carbonyl (C=O) groups excluding carboxylic acids is 2. The first kappa shape index (κ1) is 19.9. The molecular formula is C22H22N4O3. The highest BCUT2D eigenvalue weighted by Crippen LogP contribution is 2.21. The fourth-order valence-electron chi connectivity index (χ4n) is 2.63. The van der Waals surface area contributed by atoms with Crippen molar-refractivity contribution in [2.24, 2.45) is 0 Å². The minimum Gasteiger partial charge on any atom is -0.443 e. The molecule has 0 aliphatic rings. The number of nitrogens with zero attached hydrogens (tertiary/aromatic N) is 1. The molecule has 0 bridgehead atoms. The predicted octanol–water partition coefficient (Wildman–Crippen LogP) is 3.80. The zero-order valence-electron chi connectivity index (χ0n) is 16.0. The summed E-state index contributed by atoms with van der Waals surface area (Å²) in [5, 5.41) is 8.60. The lowest BCUT2D eigenvalue weighted by Gasteiger charge is -2.11. The summed E-state index contributed by atoms with van der Waals surface area (Å²) in [5.74, 6) is -0.206. The van der Waals surface area contributed by atoms with Gasteiger partial charge in [-0.3, -0.25) is 9.78 Å². The largest absolute Gasteiger partial charge is 0.443 e. The van der Waals surface area contributed by atoms with Gasteiger partial charge in [0.25, 0.3) is 5.91 Å². The van der Waals surface area contributed by atoms with E-state index < -0.39 is 6.09 Å². The Balaban J connectivity index is 1.49. The van der Waals surface area contributed by atoms with E-state index in [-0.39, 0.29) is 12.5 Å². The molecule has 3 rings (SSSR count). The van der Waals surface area contributed by atoms with E-state index in [0.29, 0.717) is 23.5 Å². The van der Waals surface area contributed by atoms with Crippen LogP contribution in [0.2, 0.25) is 0 Å². The van der Waals surface area contributed by atoms with Crippen LogP contribution in [0.15, 0.2) is 72.9 Å². The topological polar surface area (TPSA) is 92.3 Å². The maximum atomic E-state index is 12.4. The summed E-state index contributed by atoms with van der Waals surface area (Å²) in [4.78, 5) is 28.3. The number of nitrogens with one attached hydrogen (secondary N) is 3. The van der Waals surface area contributed by atoms with Gasteiger partial charge in [-0.1, -0.05) is 30.3 Å². The van der Waals surface area contributed by atoms with Crippen LogP contribution in [0.4, 0.5) is 16.2 Å². The molecule has 3 N–H and O–H groups in total. The number of hydrogen-bond acceptors (Lipinski definition) is 5. The molecule has 0 aliphatic carbocycles. The number of aromatic nitrogens is 1. The van der Waals surface area contributed by atoms with E-state index in [2.05, 4.69) is 20.9 Å². The second-order valence-electron chi connectivity index (χ2n) is 6.20. The van der Waals surface area contributed by atoms with Gasteiger partial charge in [0, 0.05) is 25.4 Å². The number of alkyl carbamates (subject to hydrolysis) is 1. The van der Waals surface area contributed by atoms with Gasteiger partial charge >= 0.3 is 6.09 Å². The molecule has 0 unspecified atom stereocenters. The highest BCUT2D eigenvalue weighted by atomic mass is 16.5. The van der Waals surface area contributed by atoms with E-state index in [1.54, 1.807) is 49.6 Å². The summed E-state index contributed by atoms with van der Waals surface area (Å²) in [7, 11) is 1.80. The quantitative estimate of drug-likeness (QED) is 0.571. The van der Waals surface area contributed by atoms with Crippen LogP contribution in [-0.2, 0) is 17.9 Å². The molecule has 0 aliphatic heterocycles. The molecule has 1 aromatic heterocycles. The molecule has 7 nitrogen and oxygen atoms in total. The third kappa shape index (κ3) is 5.80. The first-order valence-electron chi connectivity index (χ1n) is 9.13. The van der Waals surface area contributed by atoms with E-state index >= 15 is 0 Å². The Morgan fingerprint density at radius 3 is 2.34 bits per heavy atom. The summed E-state index contributed by atoms with van der Waals surface area (Å²) in [6.07, 6.45) is 1.12. The van der Waals surface area contributed by atoms with Gasteiger partial charge in [-0.2, -0.15) is 0 Å². The number of hydrogen-bond donors (Lipinski definition) is 3. The number of para-hydroxylation sites is 2. The van der Waals surface area contributed by atoms with Crippen molar-refractivity contribution in [1.82, 2.24) is 10.3 Å².